The van der Waals surface area contributed by atoms with Crippen LogP contribution in [-0.2, 0) is 6.42 Å². The Morgan fingerprint density at radius 3 is 3.00 bits per heavy atom. The predicted molar refractivity (Wildman–Crippen MR) is 74.1 cm³/mol. The molecule has 0 aliphatic carbocycles. The maximum absolute atomic E-state index is 5.87. The van der Waals surface area contributed by atoms with E-state index in [1.807, 2.05) is 5.38 Å². The zero-order valence-corrected chi connectivity index (χ0v) is 11.7. The zero-order chi connectivity index (χ0) is 13.8. The Hall–Kier alpha value is -2.13. The highest BCUT2D eigenvalue weighted by atomic mass is 35.5. The van der Waals surface area contributed by atoms with Crippen LogP contribution in [0.2, 0.25) is 5.28 Å². The average molecular weight is 309 g/mol. The monoisotopic (exact) mass is 308 g/mol. The molecule has 0 aromatic carbocycles. The van der Waals surface area contributed by atoms with Crippen LogP contribution in [0.1, 0.15) is 5.01 Å². The minimum absolute atomic E-state index is 0.0993. The number of hydrogen-bond acceptors (Lipinski definition) is 8. The molecule has 1 N–H and O–H groups in total. The third kappa shape index (κ3) is 3.06. The van der Waals surface area contributed by atoms with Crippen molar-refractivity contribution in [2.75, 3.05) is 11.9 Å². The quantitative estimate of drug-likeness (QED) is 0.757. The van der Waals surface area contributed by atoms with Gasteiger partial charge in [0, 0.05) is 24.5 Å². The molecule has 10 heteroatoms. The van der Waals surface area contributed by atoms with Crippen LogP contribution in [-0.4, -0.2) is 41.2 Å². The Balaban J connectivity index is 1.70. The summed E-state index contributed by atoms with van der Waals surface area (Å²) in [5.41, 5.74) is 0. The summed E-state index contributed by atoms with van der Waals surface area (Å²) in [4.78, 5) is 20.3. The van der Waals surface area contributed by atoms with E-state index in [0.717, 1.165) is 11.4 Å². The fraction of sp³-hybridized carbons (Fsp3) is 0.200. The molecule has 3 heterocycles. The topological polar surface area (TPSA) is 94.3 Å². The van der Waals surface area contributed by atoms with Gasteiger partial charge in [0.2, 0.25) is 11.2 Å². The van der Waals surface area contributed by atoms with Crippen LogP contribution in [0.15, 0.2) is 24.2 Å². The lowest BCUT2D eigenvalue weighted by Gasteiger charge is -2.05. The van der Waals surface area contributed by atoms with Crippen molar-refractivity contribution in [2.45, 2.75) is 6.42 Å². The molecule has 3 aromatic rings. The van der Waals surface area contributed by atoms with Gasteiger partial charge < -0.3 is 5.32 Å². The smallest absolute Gasteiger partial charge is 0.258 e. The van der Waals surface area contributed by atoms with Crippen molar-refractivity contribution in [3.8, 4) is 5.95 Å². The molecule has 3 rings (SSSR count). The molecule has 0 fully saturated rings. The minimum Gasteiger partial charge on any atom is -0.354 e. The van der Waals surface area contributed by atoms with Crippen molar-refractivity contribution in [3.63, 3.8) is 0 Å². The summed E-state index contributed by atoms with van der Waals surface area (Å²) in [6.07, 6.45) is 5.46. The van der Waals surface area contributed by atoms with Gasteiger partial charge in [0.05, 0.1) is 5.01 Å². The van der Waals surface area contributed by atoms with Crippen molar-refractivity contribution in [1.82, 2.24) is 34.7 Å². The maximum Gasteiger partial charge on any atom is 0.258 e. The third-order valence-corrected chi connectivity index (χ3v) is 3.33. The molecule has 8 nitrogen and oxygen atoms in total. The first-order valence-corrected chi connectivity index (χ1v) is 6.96. The van der Waals surface area contributed by atoms with Gasteiger partial charge in [-0.25, -0.2) is 9.97 Å². The van der Waals surface area contributed by atoms with Crippen molar-refractivity contribution in [3.05, 3.63) is 34.5 Å². The number of halogens is 1. The lowest BCUT2D eigenvalue weighted by molar-refractivity contribution is 0.792. The van der Waals surface area contributed by atoms with Crippen LogP contribution < -0.4 is 5.32 Å². The lowest BCUT2D eigenvalue weighted by Crippen LogP contribution is -2.11. The Morgan fingerprint density at radius 1 is 1.30 bits per heavy atom. The molecule has 0 unspecified atom stereocenters. The molecule has 0 bridgehead atoms. The van der Waals surface area contributed by atoms with Gasteiger partial charge in [0.1, 0.15) is 12.7 Å². The standard InChI is InChI=1S/C10H9ClN8S/c11-8-16-9(14-2-1-7-13-3-4-20-7)18-10(17-8)19-6-12-5-15-19/h3-6H,1-2H2,(H,14,16,17,18). The van der Waals surface area contributed by atoms with Gasteiger partial charge in [-0.2, -0.15) is 24.7 Å². The zero-order valence-electron chi connectivity index (χ0n) is 10.1. The van der Waals surface area contributed by atoms with Crippen LogP contribution in [0.25, 0.3) is 5.95 Å². The summed E-state index contributed by atoms with van der Waals surface area (Å²) in [6, 6.07) is 0. The van der Waals surface area contributed by atoms with E-state index < -0.39 is 0 Å². The van der Waals surface area contributed by atoms with Crippen molar-refractivity contribution in [1.29, 1.82) is 0 Å². The Bertz CT molecular complexity index is 669. The van der Waals surface area contributed by atoms with Gasteiger partial charge in [0.25, 0.3) is 5.95 Å². The second kappa shape index (κ2) is 5.88. The third-order valence-electron chi connectivity index (χ3n) is 2.33. The van der Waals surface area contributed by atoms with Crippen LogP contribution in [0, 0.1) is 0 Å². The van der Waals surface area contributed by atoms with Gasteiger partial charge in [0.15, 0.2) is 0 Å². The van der Waals surface area contributed by atoms with Gasteiger partial charge in [-0.3, -0.25) is 0 Å². The molecule has 0 radical (unpaired) electrons. The van der Waals surface area contributed by atoms with E-state index in [-0.39, 0.29) is 5.28 Å². The molecule has 20 heavy (non-hydrogen) atoms. The summed E-state index contributed by atoms with van der Waals surface area (Å²) >= 11 is 7.48. The minimum atomic E-state index is 0.0993. The van der Waals surface area contributed by atoms with E-state index in [1.165, 1.54) is 17.3 Å². The second-order valence-corrected chi connectivity index (χ2v) is 4.99. The van der Waals surface area contributed by atoms with E-state index in [0.29, 0.717) is 18.4 Å². The largest absolute Gasteiger partial charge is 0.354 e. The summed E-state index contributed by atoms with van der Waals surface area (Å²) in [5.74, 6) is 0.714. The van der Waals surface area contributed by atoms with E-state index in [4.69, 9.17) is 11.6 Å². The first-order chi connectivity index (χ1) is 9.81. The fourth-order valence-corrected chi connectivity index (χ4v) is 2.27. The second-order valence-electron chi connectivity index (χ2n) is 3.67. The fourth-order valence-electron chi connectivity index (χ4n) is 1.49. The number of rotatable bonds is 5. The molecule has 0 saturated carbocycles. The molecule has 0 saturated heterocycles. The van der Waals surface area contributed by atoms with Crippen molar-refractivity contribution >= 4 is 28.9 Å². The average Bonchev–Trinajstić information content (AvgIpc) is 3.11. The van der Waals surface area contributed by atoms with Gasteiger partial charge in [-0.1, -0.05) is 0 Å². The summed E-state index contributed by atoms with van der Waals surface area (Å²) in [7, 11) is 0. The number of thiazole rings is 1. The highest BCUT2D eigenvalue weighted by Gasteiger charge is 2.07. The molecule has 3 aromatic heterocycles. The molecule has 102 valence electrons. The van der Waals surface area contributed by atoms with E-state index in [2.05, 4.69) is 35.3 Å². The molecular formula is C10H9ClN8S. The number of anilines is 1. The SMILES string of the molecule is Clc1nc(NCCc2nccs2)nc(-n2cncn2)n1. The maximum atomic E-state index is 5.87. The molecular weight excluding hydrogens is 300 g/mol. The highest BCUT2D eigenvalue weighted by Crippen LogP contribution is 2.09. The van der Waals surface area contributed by atoms with Crippen LogP contribution in [0.5, 0.6) is 0 Å². The lowest BCUT2D eigenvalue weighted by atomic mass is 10.4. The van der Waals surface area contributed by atoms with Gasteiger partial charge >= 0.3 is 0 Å². The molecule has 0 aliphatic rings. The van der Waals surface area contributed by atoms with Crippen LogP contribution in [0.4, 0.5) is 5.95 Å². The van der Waals surface area contributed by atoms with Crippen molar-refractivity contribution in [2.24, 2.45) is 0 Å². The number of hydrogen-bond donors (Lipinski definition) is 1. The Morgan fingerprint density at radius 2 is 2.25 bits per heavy atom. The molecule has 0 amide bonds. The molecule has 0 spiro atoms. The van der Waals surface area contributed by atoms with E-state index in [9.17, 15) is 0 Å². The summed E-state index contributed by atoms with van der Waals surface area (Å²) in [6.45, 7) is 0.657. The Kier molecular flexibility index (Phi) is 3.79. The normalized spacial score (nSPS) is 10.7. The van der Waals surface area contributed by atoms with Crippen LogP contribution in [0.3, 0.4) is 0 Å². The highest BCUT2D eigenvalue weighted by molar-refractivity contribution is 7.09. The summed E-state index contributed by atoms with van der Waals surface area (Å²) < 4.78 is 1.42. The number of nitrogens with one attached hydrogen (secondary N) is 1. The summed E-state index contributed by atoms with van der Waals surface area (Å²) in [5, 5.41) is 10.1. The Labute approximate surface area is 122 Å². The number of nitrogens with zero attached hydrogens (tertiary/aromatic N) is 7. The molecule has 0 aliphatic heterocycles. The van der Waals surface area contributed by atoms with Gasteiger partial charge in [-0.15, -0.1) is 11.3 Å². The predicted octanol–water partition coefficient (Wildman–Crippen LogP) is 1.22. The van der Waals surface area contributed by atoms with E-state index >= 15 is 0 Å². The molecule has 0 atom stereocenters. The first-order valence-electron chi connectivity index (χ1n) is 5.70. The number of aromatic nitrogens is 7. The van der Waals surface area contributed by atoms with E-state index in [1.54, 1.807) is 17.5 Å². The first kappa shape index (κ1) is 12.9. The van der Waals surface area contributed by atoms with Gasteiger partial charge in [-0.05, 0) is 11.6 Å². The van der Waals surface area contributed by atoms with Crippen LogP contribution >= 0.6 is 22.9 Å². The van der Waals surface area contributed by atoms with Crippen molar-refractivity contribution < 1.29 is 0 Å².